The number of hydrogen-bond acceptors (Lipinski definition) is 5. The van der Waals surface area contributed by atoms with Gasteiger partial charge in [0.15, 0.2) is 11.6 Å². The first-order valence-electron chi connectivity index (χ1n) is 12.7. The van der Waals surface area contributed by atoms with E-state index < -0.39 is 46.2 Å². The van der Waals surface area contributed by atoms with Crippen LogP contribution in [0.15, 0.2) is 102 Å². The van der Waals surface area contributed by atoms with Crippen molar-refractivity contribution < 1.29 is 23.9 Å². The van der Waals surface area contributed by atoms with E-state index in [9.17, 15) is 19.2 Å². The van der Waals surface area contributed by atoms with E-state index in [1.165, 1.54) is 0 Å². The minimum Gasteiger partial charge on any atom is -0.348 e. The Hall–Kier alpha value is -4.00. The van der Waals surface area contributed by atoms with Crippen LogP contribution in [0.25, 0.3) is 0 Å². The molecule has 3 aliphatic rings. The number of halogens is 1. The number of ketones is 4. The predicted molar refractivity (Wildman–Crippen MR) is 147 cm³/mol. The molecule has 1 heterocycles. The van der Waals surface area contributed by atoms with Gasteiger partial charge in [0.2, 0.25) is 17.2 Å². The minimum absolute atomic E-state index is 0.238. The summed E-state index contributed by atoms with van der Waals surface area (Å²) in [7, 11) is 0. The SMILES string of the molecule is Cc1cccc([C@H]2C3(O[C@@H](c4ccc(Br)cc4)C24C(=O)c2ccccc2C4=O)C(=O)c2ccccc2C3=O)c1. The standard InChI is InChI=1S/C33H21BrO5/c1-18-7-6-8-20(17-18)26-32(27(35)22-9-2-3-10-23(22)28(32)36)31(19-13-15-21(34)16-14-19)39-33(26)29(37)24-11-4-5-12-25(24)30(33)38/h2-17,26,31H,1H3/t26-,31+/m1/s1. The summed E-state index contributed by atoms with van der Waals surface area (Å²) in [6.07, 6.45) is -1.18. The van der Waals surface area contributed by atoms with Crippen molar-refractivity contribution in [3.8, 4) is 0 Å². The number of Topliss-reactive ketones (excluding diaryl/α,β-unsaturated/α-hetero) is 4. The Morgan fingerprint density at radius 3 is 1.64 bits per heavy atom. The Labute approximate surface area is 232 Å². The fourth-order valence-corrected chi connectivity index (χ4v) is 7.08. The number of aryl methyl sites for hydroxylation is 1. The molecule has 39 heavy (non-hydrogen) atoms. The average molecular weight is 577 g/mol. The van der Waals surface area contributed by atoms with Crippen LogP contribution in [0, 0.1) is 12.3 Å². The normalized spacial score (nSPS) is 22.1. The van der Waals surface area contributed by atoms with Crippen molar-refractivity contribution in [2.45, 2.75) is 24.5 Å². The molecular weight excluding hydrogens is 556 g/mol. The molecule has 0 N–H and O–H groups in total. The molecule has 0 bridgehead atoms. The summed E-state index contributed by atoms with van der Waals surface area (Å²) in [5, 5.41) is 0. The van der Waals surface area contributed by atoms with Crippen molar-refractivity contribution in [2.75, 3.05) is 0 Å². The van der Waals surface area contributed by atoms with Crippen molar-refractivity contribution in [3.63, 3.8) is 0 Å². The second-order valence-electron chi connectivity index (χ2n) is 10.4. The van der Waals surface area contributed by atoms with Crippen LogP contribution in [0.3, 0.4) is 0 Å². The molecular formula is C33H21BrO5. The highest BCUT2D eigenvalue weighted by Crippen LogP contribution is 2.67. The highest BCUT2D eigenvalue weighted by atomic mass is 79.9. The molecule has 2 spiro atoms. The van der Waals surface area contributed by atoms with Crippen LogP contribution in [-0.2, 0) is 4.74 Å². The summed E-state index contributed by atoms with van der Waals surface area (Å²) in [6.45, 7) is 1.89. The average Bonchev–Trinajstić information content (AvgIpc) is 3.47. The van der Waals surface area contributed by atoms with Crippen LogP contribution in [0.1, 0.15) is 70.1 Å². The van der Waals surface area contributed by atoms with Gasteiger partial charge < -0.3 is 4.74 Å². The Bertz CT molecular complexity index is 1680. The highest BCUT2D eigenvalue weighted by molar-refractivity contribution is 9.10. The Morgan fingerprint density at radius 1 is 0.615 bits per heavy atom. The van der Waals surface area contributed by atoms with E-state index in [-0.39, 0.29) is 22.3 Å². The van der Waals surface area contributed by atoms with Gasteiger partial charge >= 0.3 is 0 Å². The highest BCUT2D eigenvalue weighted by Gasteiger charge is 2.79. The van der Waals surface area contributed by atoms with Gasteiger partial charge in [0.1, 0.15) is 11.5 Å². The summed E-state index contributed by atoms with van der Waals surface area (Å²) in [5.41, 5.74) is -0.963. The molecule has 2 atom stereocenters. The van der Waals surface area contributed by atoms with Gasteiger partial charge in [-0.3, -0.25) is 19.2 Å². The first-order valence-corrected chi connectivity index (χ1v) is 13.5. The fourth-order valence-electron chi connectivity index (χ4n) is 6.81. The zero-order valence-electron chi connectivity index (χ0n) is 20.8. The van der Waals surface area contributed by atoms with Gasteiger partial charge in [-0.05, 0) is 30.2 Å². The molecule has 4 aromatic carbocycles. The number of benzene rings is 4. The molecule has 1 aliphatic heterocycles. The van der Waals surface area contributed by atoms with E-state index in [1.54, 1.807) is 78.9 Å². The van der Waals surface area contributed by atoms with Crippen LogP contribution >= 0.6 is 15.9 Å². The number of carbonyl (C=O) groups is 4. The second-order valence-corrected chi connectivity index (χ2v) is 11.3. The van der Waals surface area contributed by atoms with Gasteiger partial charge in [0.25, 0.3) is 0 Å². The number of hydrogen-bond donors (Lipinski definition) is 0. The molecule has 5 nitrogen and oxygen atoms in total. The largest absolute Gasteiger partial charge is 0.348 e. The summed E-state index contributed by atoms with van der Waals surface area (Å²) < 4.78 is 7.51. The lowest BCUT2D eigenvalue weighted by atomic mass is 9.59. The van der Waals surface area contributed by atoms with Crippen LogP contribution in [0.2, 0.25) is 0 Å². The maximum atomic E-state index is 14.6. The zero-order chi connectivity index (χ0) is 27.1. The molecule has 1 saturated heterocycles. The van der Waals surface area contributed by atoms with Crippen molar-refractivity contribution in [2.24, 2.45) is 5.41 Å². The molecule has 7 rings (SSSR count). The first-order chi connectivity index (χ1) is 18.8. The van der Waals surface area contributed by atoms with Crippen molar-refractivity contribution in [1.82, 2.24) is 0 Å². The molecule has 2 aliphatic carbocycles. The van der Waals surface area contributed by atoms with E-state index in [1.807, 2.05) is 25.1 Å². The third kappa shape index (κ3) is 2.93. The second kappa shape index (κ2) is 8.25. The van der Waals surface area contributed by atoms with Gasteiger partial charge in [-0.25, -0.2) is 0 Å². The topological polar surface area (TPSA) is 77.5 Å². The van der Waals surface area contributed by atoms with E-state index >= 15 is 0 Å². The van der Waals surface area contributed by atoms with Gasteiger partial charge in [0.05, 0.1) is 5.92 Å². The Morgan fingerprint density at radius 2 is 1.13 bits per heavy atom. The van der Waals surface area contributed by atoms with Crippen molar-refractivity contribution in [3.05, 3.63) is 140 Å². The minimum atomic E-state index is -2.08. The van der Waals surface area contributed by atoms with Crippen molar-refractivity contribution in [1.29, 1.82) is 0 Å². The Balaban J connectivity index is 1.60. The molecule has 6 heteroatoms. The quantitative estimate of drug-likeness (QED) is 0.255. The van der Waals surface area contributed by atoms with Gasteiger partial charge in [-0.15, -0.1) is 0 Å². The predicted octanol–water partition coefficient (Wildman–Crippen LogP) is 6.50. The van der Waals surface area contributed by atoms with Crippen LogP contribution in [0.5, 0.6) is 0 Å². The third-order valence-electron chi connectivity index (χ3n) is 8.39. The van der Waals surface area contributed by atoms with E-state index in [0.29, 0.717) is 11.1 Å². The van der Waals surface area contributed by atoms with Gasteiger partial charge in [-0.2, -0.15) is 0 Å². The molecule has 0 saturated carbocycles. The molecule has 0 unspecified atom stereocenters. The van der Waals surface area contributed by atoms with Crippen LogP contribution < -0.4 is 0 Å². The smallest absolute Gasteiger partial charge is 0.204 e. The Kier molecular flexibility index (Phi) is 5.09. The van der Waals surface area contributed by atoms with Crippen molar-refractivity contribution >= 4 is 39.1 Å². The van der Waals surface area contributed by atoms with E-state index in [2.05, 4.69) is 15.9 Å². The molecule has 0 aromatic heterocycles. The van der Waals surface area contributed by atoms with E-state index in [0.717, 1.165) is 10.0 Å². The molecule has 1 fully saturated rings. The summed E-state index contributed by atoms with van der Waals surface area (Å²) in [6, 6.07) is 27.8. The lowest BCUT2D eigenvalue weighted by Gasteiger charge is -2.34. The van der Waals surface area contributed by atoms with Gasteiger partial charge in [0, 0.05) is 26.7 Å². The van der Waals surface area contributed by atoms with Crippen LogP contribution in [0.4, 0.5) is 0 Å². The third-order valence-corrected chi connectivity index (χ3v) is 8.91. The first kappa shape index (κ1) is 24.1. The monoisotopic (exact) mass is 576 g/mol. The lowest BCUT2D eigenvalue weighted by molar-refractivity contribution is -0.0210. The number of rotatable bonds is 2. The van der Waals surface area contributed by atoms with Gasteiger partial charge in [-0.1, -0.05) is 106 Å². The lowest BCUT2D eigenvalue weighted by Crippen LogP contribution is -2.51. The zero-order valence-corrected chi connectivity index (χ0v) is 22.4. The molecule has 190 valence electrons. The number of ether oxygens (including phenoxy) is 1. The number of fused-ring (bicyclic) bond motifs is 2. The van der Waals surface area contributed by atoms with Crippen LogP contribution in [-0.4, -0.2) is 28.7 Å². The summed E-state index contributed by atoms with van der Waals surface area (Å²) in [4.78, 5) is 58.1. The summed E-state index contributed by atoms with van der Waals surface area (Å²) >= 11 is 3.45. The maximum Gasteiger partial charge on any atom is 0.204 e. The maximum absolute atomic E-state index is 14.6. The number of carbonyl (C=O) groups excluding carboxylic acids is 4. The molecule has 0 radical (unpaired) electrons. The van der Waals surface area contributed by atoms with E-state index in [4.69, 9.17) is 4.74 Å². The fraction of sp³-hybridized carbons (Fsp3) is 0.152. The molecule has 4 aromatic rings. The summed E-state index contributed by atoms with van der Waals surface area (Å²) in [5.74, 6) is -3.10. The molecule has 0 amide bonds.